The number of rotatable bonds is 8. The molecule has 3 heteroatoms. The summed E-state index contributed by atoms with van der Waals surface area (Å²) < 4.78 is 0. The topological polar surface area (TPSA) is 12.9 Å². The highest BCUT2D eigenvalue weighted by atomic mass is 32.4. The van der Waals surface area contributed by atoms with E-state index in [1.54, 1.807) is 0 Å². The zero-order valence-corrected chi connectivity index (χ0v) is 20.9. The molecule has 0 atom stereocenters. The van der Waals surface area contributed by atoms with E-state index in [9.17, 15) is 0 Å². The molecule has 4 aromatic carbocycles. The van der Waals surface area contributed by atoms with E-state index in [-0.39, 0.29) is 0 Å². The van der Waals surface area contributed by atoms with Crippen LogP contribution in [0.2, 0.25) is 0 Å². The maximum atomic E-state index is 4.13. The van der Waals surface area contributed by atoms with E-state index in [4.69, 9.17) is 0 Å². The van der Waals surface area contributed by atoms with E-state index >= 15 is 0 Å². The lowest BCUT2D eigenvalue weighted by Gasteiger charge is -2.33. The molecular formula is C31H27NSSi. The van der Waals surface area contributed by atoms with Crippen molar-refractivity contribution in [1.82, 2.24) is 4.98 Å². The van der Waals surface area contributed by atoms with Crippen molar-refractivity contribution in [2.75, 3.05) is 5.75 Å². The lowest BCUT2D eigenvalue weighted by Crippen LogP contribution is -2.65. The second-order valence-corrected chi connectivity index (χ2v) is 14.8. The van der Waals surface area contributed by atoms with Gasteiger partial charge < -0.3 is 0 Å². The van der Waals surface area contributed by atoms with Gasteiger partial charge >= 0.3 is 0 Å². The van der Waals surface area contributed by atoms with Crippen LogP contribution < -0.4 is 15.6 Å². The molecule has 0 spiro atoms. The molecule has 1 aromatic heterocycles. The molecule has 0 amide bonds. The standard InChI is InChI=1S/C31H27NSSi/c1-4-10-29(11-5-1)34(30-12-6-2-7-13-30,31-14-8-3-9-15-31)33-25-22-26-16-18-27(19-17-26)28-20-23-32-24-21-28/h1-21,23-24H,22,25H2. The van der Waals surface area contributed by atoms with Gasteiger partial charge in [0, 0.05) is 12.4 Å². The van der Waals surface area contributed by atoms with E-state index in [1.807, 2.05) is 12.4 Å². The minimum Gasteiger partial charge on any atom is -0.265 e. The molecule has 1 nitrogen and oxygen atoms in total. The molecule has 0 aliphatic rings. The molecule has 5 rings (SSSR count). The highest BCUT2D eigenvalue weighted by Crippen LogP contribution is 2.24. The van der Waals surface area contributed by atoms with Gasteiger partial charge in [-0.05, 0) is 56.6 Å². The van der Waals surface area contributed by atoms with Crippen molar-refractivity contribution >= 4 is 34.0 Å². The van der Waals surface area contributed by atoms with Crippen LogP contribution in [0.1, 0.15) is 5.56 Å². The fourth-order valence-corrected chi connectivity index (χ4v) is 12.6. The van der Waals surface area contributed by atoms with Gasteiger partial charge in [0.05, 0.1) is 0 Å². The van der Waals surface area contributed by atoms with Gasteiger partial charge in [0.15, 0.2) is 0 Å². The quantitative estimate of drug-likeness (QED) is 0.212. The summed E-state index contributed by atoms with van der Waals surface area (Å²) in [5, 5.41) is 4.35. The van der Waals surface area contributed by atoms with Crippen LogP contribution in [0.3, 0.4) is 0 Å². The summed E-state index contributed by atoms with van der Waals surface area (Å²) in [7, 11) is -2.23. The molecule has 34 heavy (non-hydrogen) atoms. The summed E-state index contributed by atoms with van der Waals surface area (Å²) in [6, 6.07) is 46.5. The van der Waals surface area contributed by atoms with Gasteiger partial charge in [-0.25, -0.2) is 0 Å². The van der Waals surface area contributed by atoms with Crippen molar-refractivity contribution in [2.24, 2.45) is 0 Å². The summed E-state index contributed by atoms with van der Waals surface area (Å²) in [6.45, 7) is 0. The summed E-state index contributed by atoms with van der Waals surface area (Å²) in [6.07, 6.45) is 4.74. The third kappa shape index (κ3) is 4.77. The molecule has 0 saturated heterocycles. The van der Waals surface area contributed by atoms with Gasteiger partial charge in [-0.1, -0.05) is 115 Å². The van der Waals surface area contributed by atoms with E-state index in [1.165, 1.54) is 32.3 Å². The Hall–Kier alpha value is -3.40. The average Bonchev–Trinajstić information content (AvgIpc) is 2.93. The molecule has 0 aliphatic carbocycles. The lowest BCUT2D eigenvalue weighted by atomic mass is 10.0. The summed E-state index contributed by atoms with van der Waals surface area (Å²) in [4.78, 5) is 4.13. The van der Waals surface area contributed by atoms with Crippen LogP contribution in [-0.4, -0.2) is 18.0 Å². The van der Waals surface area contributed by atoms with Crippen LogP contribution in [0, 0.1) is 0 Å². The van der Waals surface area contributed by atoms with Crippen LogP contribution >= 0.6 is 11.2 Å². The number of hydrogen-bond acceptors (Lipinski definition) is 2. The van der Waals surface area contributed by atoms with Crippen molar-refractivity contribution in [2.45, 2.75) is 6.42 Å². The van der Waals surface area contributed by atoms with Crippen LogP contribution in [0.4, 0.5) is 0 Å². The molecule has 0 N–H and O–H groups in total. The zero-order valence-electron chi connectivity index (χ0n) is 19.0. The Morgan fingerprint density at radius 1 is 0.500 bits per heavy atom. The van der Waals surface area contributed by atoms with Gasteiger partial charge in [0.2, 0.25) is 7.22 Å². The molecule has 5 aromatic rings. The number of nitrogens with zero attached hydrogens (tertiary/aromatic N) is 1. The first kappa shape index (κ1) is 22.4. The Bertz CT molecular complexity index is 1200. The second kappa shape index (κ2) is 10.7. The second-order valence-electron chi connectivity index (χ2n) is 8.31. The summed E-state index contributed by atoms with van der Waals surface area (Å²) >= 11 is 2.15. The number of hydrogen-bond donors (Lipinski definition) is 0. The Morgan fingerprint density at radius 3 is 1.41 bits per heavy atom. The molecule has 166 valence electrons. The molecule has 1 heterocycles. The lowest BCUT2D eigenvalue weighted by molar-refractivity contribution is 1.16. The Balaban J connectivity index is 1.45. The zero-order chi connectivity index (χ0) is 23.1. The minimum absolute atomic E-state index is 1.04. The molecule has 0 radical (unpaired) electrons. The first-order chi connectivity index (χ1) is 16.9. The predicted molar refractivity (Wildman–Crippen MR) is 150 cm³/mol. The molecule has 0 saturated carbocycles. The first-order valence-electron chi connectivity index (χ1n) is 11.7. The Labute approximate surface area is 207 Å². The molecule has 0 bridgehead atoms. The van der Waals surface area contributed by atoms with Crippen LogP contribution in [0.5, 0.6) is 0 Å². The molecular weight excluding hydrogens is 447 g/mol. The minimum atomic E-state index is -2.23. The van der Waals surface area contributed by atoms with E-state index < -0.39 is 7.22 Å². The van der Waals surface area contributed by atoms with Crippen molar-refractivity contribution in [3.8, 4) is 11.1 Å². The van der Waals surface area contributed by atoms with E-state index in [2.05, 4.69) is 144 Å². The van der Waals surface area contributed by atoms with Gasteiger partial charge in [0.25, 0.3) is 0 Å². The van der Waals surface area contributed by atoms with Gasteiger partial charge in [-0.3, -0.25) is 4.98 Å². The van der Waals surface area contributed by atoms with Crippen molar-refractivity contribution in [3.63, 3.8) is 0 Å². The largest absolute Gasteiger partial charge is 0.265 e. The monoisotopic (exact) mass is 473 g/mol. The smallest absolute Gasteiger partial charge is 0.209 e. The Morgan fingerprint density at radius 2 is 0.941 bits per heavy atom. The van der Waals surface area contributed by atoms with Crippen molar-refractivity contribution in [3.05, 3.63) is 145 Å². The maximum Gasteiger partial charge on any atom is 0.209 e. The van der Waals surface area contributed by atoms with Crippen molar-refractivity contribution < 1.29 is 0 Å². The highest BCUT2D eigenvalue weighted by molar-refractivity contribution is 8.33. The Kier molecular flexibility index (Phi) is 7.04. The summed E-state index contributed by atoms with van der Waals surface area (Å²) in [5.74, 6) is 1.07. The van der Waals surface area contributed by atoms with E-state index in [0.29, 0.717) is 0 Å². The number of aryl methyl sites for hydroxylation is 1. The van der Waals surface area contributed by atoms with Crippen LogP contribution in [-0.2, 0) is 6.42 Å². The number of benzene rings is 4. The fraction of sp³-hybridized carbons (Fsp3) is 0.0645. The number of aromatic nitrogens is 1. The van der Waals surface area contributed by atoms with Gasteiger partial charge in [-0.15, -0.1) is 0 Å². The molecule has 0 unspecified atom stereocenters. The molecule has 0 fully saturated rings. The third-order valence-corrected chi connectivity index (χ3v) is 14.5. The SMILES string of the molecule is c1ccc([Si](SCCc2ccc(-c3ccncc3)cc2)(c2ccccc2)c2ccccc2)cc1. The van der Waals surface area contributed by atoms with Crippen molar-refractivity contribution in [1.29, 1.82) is 0 Å². The highest BCUT2D eigenvalue weighted by Gasteiger charge is 2.39. The fourth-order valence-electron chi connectivity index (χ4n) is 4.50. The maximum absolute atomic E-state index is 4.13. The van der Waals surface area contributed by atoms with Gasteiger partial charge in [0.1, 0.15) is 0 Å². The van der Waals surface area contributed by atoms with Gasteiger partial charge in [-0.2, -0.15) is 11.2 Å². The van der Waals surface area contributed by atoms with Crippen LogP contribution in [0.15, 0.2) is 140 Å². The predicted octanol–water partition coefficient (Wildman–Crippen LogP) is 5.69. The first-order valence-corrected chi connectivity index (χ1v) is 15.4. The van der Waals surface area contributed by atoms with Crippen LogP contribution in [0.25, 0.3) is 11.1 Å². The normalized spacial score (nSPS) is 11.3. The molecule has 0 aliphatic heterocycles. The average molecular weight is 474 g/mol. The summed E-state index contributed by atoms with van der Waals surface area (Å²) in [5.41, 5.74) is 3.82. The van der Waals surface area contributed by atoms with E-state index in [0.717, 1.165) is 12.2 Å². The third-order valence-electron chi connectivity index (χ3n) is 6.22. The number of pyridine rings is 1.